The van der Waals surface area contributed by atoms with Gasteiger partial charge in [0, 0.05) is 50.5 Å². The number of para-hydroxylation sites is 1. The summed E-state index contributed by atoms with van der Waals surface area (Å²) in [7, 11) is -2.23. The largest absolute Gasteiger partial charge is 0.497 e. The number of amides is 1. The molecule has 3 aromatic carbocycles. The maximum atomic E-state index is 12.6. The fourth-order valence-corrected chi connectivity index (χ4v) is 6.61. The van der Waals surface area contributed by atoms with E-state index in [0.717, 1.165) is 43.4 Å². The molecular weight excluding hydrogens is 570 g/mol. The molecule has 2 heterocycles. The van der Waals surface area contributed by atoms with Crippen molar-refractivity contribution < 1.29 is 17.9 Å². The molecule has 1 saturated heterocycles. The quantitative estimate of drug-likeness (QED) is 0.293. The minimum atomic E-state index is -3.75. The summed E-state index contributed by atoms with van der Waals surface area (Å²) in [6.07, 6.45) is 0. The van der Waals surface area contributed by atoms with Crippen molar-refractivity contribution in [1.82, 2.24) is 15.2 Å². The summed E-state index contributed by atoms with van der Waals surface area (Å²) in [5.41, 5.74) is 3.14. The molecule has 0 unspecified atom stereocenters. The van der Waals surface area contributed by atoms with Crippen LogP contribution >= 0.6 is 23.7 Å². The number of nitrogens with one attached hydrogen (secondary N) is 2. The van der Waals surface area contributed by atoms with Gasteiger partial charge in [-0.2, -0.15) is 0 Å². The first-order valence-electron chi connectivity index (χ1n) is 12.7. The monoisotopic (exact) mass is 601 g/mol. The highest BCUT2D eigenvalue weighted by atomic mass is 35.5. The molecule has 1 aliphatic heterocycles. The number of carbonyl (C=O) groups is 1. The van der Waals surface area contributed by atoms with E-state index in [1.165, 1.54) is 29.5 Å². The van der Waals surface area contributed by atoms with Gasteiger partial charge in [-0.15, -0.1) is 12.4 Å². The van der Waals surface area contributed by atoms with Gasteiger partial charge in [0.25, 0.3) is 15.9 Å². The Balaban J connectivity index is 0.00000370. The van der Waals surface area contributed by atoms with E-state index in [1.807, 2.05) is 0 Å². The highest BCUT2D eigenvalue weighted by molar-refractivity contribution is 7.92. The number of anilines is 2. The summed E-state index contributed by atoms with van der Waals surface area (Å²) >= 11 is 1.74. The van der Waals surface area contributed by atoms with Gasteiger partial charge >= 0.3 is 0 Å². The Kier molecular flexibility index (Phi) is 9.52. The van der Waals surface area contributed by atoms with E-state index in [9.17, 15) is 13.2 Å². The Morgan fingerprint density at radius 3 is 2.35 bits per heavy atom. The van der Waals surface area contributed by atoms with Crippen molar-refractivity contribution in [3.63, 3.8) is 0 Å². The van der Waals surface area contributed by atoms with Gasteiger partial charge in [0.15, 0.2) is 5.13 Å². The fraction of sp³-hybridized carbons (Fsp3) is 0.286. The molecule has 5 rings (SSSR count). The van der Waals surface area contributed by atoms with Crippen LogP contribution in [0.15, 0.2) is 71.6 Å². The first-order valence-corrected chi connectivity index (χ1v) is 15.0. The number of carbonyl (C=O) groups excluding carboxylic acids is 1. The van der Waals surface area contributed by atoms with Crippen LogP contribution in [0.25, 0.3) is 10.2 Å². The van der Waals surface area contributed by atoms with Gasteiger partial charge in [-0.1, -0.05) is 23.5 Å². The summed E-state index contributed by atoms with van der Waals surface area (Å²) in [6.45, 7) is 7.02. The van der Waals surface area contributed by atoms with Crippen LogP contribution in [-0.2, 0) is 10.0 Å². The lowest BCUT2D eigenvalue weighted by molar-refractivity contribution is 0.0948. The molecule has 12 heteroatoms. The molecule has 4 aromatic rings. The summed E-state index contributed by atoms with van der Waals surface area (Å²) in [5.74, 6) is 0.383. The zero-order valence-corrected chi connectivity index (χ0v) is 24.7. The minimum Gasteiger partial charge on any atom is -0.497 e. The van der Waals surface area contributed by atoms with Crippen molar-refractivity contribution in [3.8, 4) is 5.75 Å². The van der Waals surface area contributed by atoms with Crippen molar-refractivity contribution in [2.75, 3.05) is 56.0 Å². The Labute approximate surface area is 244 Å². The number of piperazine rings is 1. The summed E-state index contributed by atoms with van der Waals surface area (Å²) < 4.78 is 34.1. The number of aromatic nitrogens is 1. The second-order valence-corrected chi connectivity index (χ2v) is 12.1. The number of rotatable bonds is 9. The highest BCUT2D eigenvalue weighted by Crippen LogP contribution is 2.31. The zero-order chi connectivity index (χ0) is 27.4. The Morgan fingerprint density at radius 1 is 1.00 bits per heavy atom. The summed E-state index contributed by atoms with van der Waals surface area (Å²) in [6, 6.07) is 18.8. The van der Waals surface area contributed by atoms with Gasteiger partial charge in [-0.25, -0.2) is 13.4 Å². The number of ether oxygens (including phenoxy) is 1. The average Bonchev–Trinajstić information content (AvgIpc) is 3.39. The molecular formula is C28H32ClN5O4S2. The predicted molar refractivity (Wildman–Crippen MR) is 163 cm³/mol. The number of hydrogen-bond donors (Lipinski definition) is 2. The maximum absolute atomic E-state index is 12.6. The van der Waals surface area contributed by atoms with E-state index >= 15 is 0 Å². The van der Waals surface area contributed by atoms with Crippen LogP contribution in [0.5, 0.6) is 5.75 Å². The summed E-state index contributed by atoms with van der Waals surface area (Å²) in [4.78, 5) is 22.3. The fourth-order valence-electron chi connectivity index (χ4n) is 4.46. The highest BCUT2D eigenvalue weighted by Gasteiger charge is 2.20. The topological polar surface area (TPSA) is 104 Å². The molecule has 1 fully saturated rings. The number of methoxy groups -OCH3 is 1. The molecule has 2 N–H and O–H groups in total. The molecule has 1 amide bonds. The second-order valence-electron chi connectivity index (χ2n) is 9.36. The van der Waals surface area contributed by atoms with E-state index < -0.39 is 10.0 Å². The summed E-state index contributed by atoms with van der Waals surface area (Å²) in [5, 5.41) is 4.03. The molecule has 1 aromatic heterocycles. The molecule has 0 atom stereocenters. The number of aryl methyl sites for hydroxylation is 1. The van der Waals surface area contributed by atoms with Crippen LogP contribution in [0.4, 0.5) is 10.8 Å². The second kappa shape index (κ2) is 12.9. The molecule has 9 nitrogen and oxygen atoms in total. The van der Waals surface area contributed by atoms with Crippen molar-refractivity contribution in [1.29, 1.82) is 0 Å². The van der Waals surface area contributed by atoms with E-state index in [-0.39, 0.29) is 23.2 Å². The molecule has 0 aliphatic carbocycles. The van der Waals surface area contributed by atoms with Gasteiger partial charge in [0.2, 0.25) is 0 Å². The first kappa shape index (κ1) is 29.6. The van der Waals surface area contributed by atoms with E-state index in [1.54, 1.807) is 47.7 Å². The average molecular weight is 602 g/mol. The molecule has 0 saturated carbocycles. The Hall–Kier alpha value is -3.38. The van der Waals surface area contributed by atoms with Crippen molar-refractivity contribution >= 4 is 60.7 Å². The van der Waals surface area contributed by atoms with Gasteiger partial charge in [-0.05, 0) is 67.1 Å². The van der Waals surface area contributed by atoms with E-state index in [0.29, 0.717) is 23.5 Å². The van der Waals surface area contributed by atoms with Crippen LogP contribution in [0.3, 0.4) is 0 Å². The molecule has 1 aliphatic rings. The van der Waals surface area contributed by atoms with Crippen molar-refractivity contribution in [2.45, 2.75) is 11.8 Å². The molecule has 212 valence electrons. The molecule has 0 spiro atoms. The third-order valence-corrected chi connectivity index (χ3v) is 9.21. The van der Waals surface area contributed by atoms with Gasteiger partial charge in [-0.3, -0.25) is 14.4 Å². The van der Waals surface area contributed by atoms with Crippen LogP contribution in [-0.4, -0.2) is 70.6 Å². The van der Waals surface area contributed by atoms with Gasteiger partial charge in [0.1, 0.15) is 5.75 Å². The third-order valence-electron chi connectivity index (χ3n) is 6.73. The maximum Gasteiger partial charge on any atom is 0.261 e. The number of thiazole rings is 1. The minimum absolute atomic E-state index is 0. The van der Waals surface area contributed by atoms with Crippen molar-refractivity contribution in [3.05, 3.63) is 77.9 Å². The molecule has 0 bridgehead atoms. The SMILES string of the molecule is COc1ccc(S(=O)(=O)Nc2ccc(C(=O)NCCN3CCN(c4nc5c(C)cccc5s4)CC3)cc2)cc1.Cl. The number of hydrogen-bond acceptors (Lipinski definition) is 8. The third kappa shape index (κ3) is 6.84. The smallest absolute Gasteiger partial charge is 0.261 e. The van der Waals surface area contributed by atoms with E-state index in [2.05, 4.69) is 45.0 Å². The van der Waals surface area contributed by atoms with Crippen LogP contribution in [0, 0.1) is 6.92 Å². The lowest BCUT2D eigenvalue weighted by atomic mass is 10.2. The lowest BCUT2D eigenvalue weighted by Gasteiger charge is -2.34. The Bertz CT molecular complexity index is 1550. The first-order chi connectivity index (χ1) is 18.8. The molecule has 0 radical (unpaired) electrons. The standard InChI is InChI=1S/C28H31N5O4S2.ClH/c1-20-4-3-5-25-26(20)30-28(38-25)33-18-16-32(17-19-33)15-14-29-27(34)21-6-8-22(9-7-21)31-39(35,36)24-12-10-23(37-2)11-13-24;/h3-13,31H,14-19H2,1-2H3,(H,29,34);1H. The number of fused-ring (bicyclic) bond motifs is 1. The van der Waals surface area contributed by atoms with Gasteiger partial charge in [0.05, 0.1) is 22.2 Å². The van der Waals surface area contributed by atoms with Crippen LogP contribution in [0.2, 0.25) is 0 Å². The van der Waals surface area contributed by atoms with E-state index in [4.69, 9.17) is 9.72 Å². The van der Waals surface area contributed by atoms with Gasteiger partial charge < -0.3 is 15.0 Å². The van der Waals surface area contributed by atoms with Crippen LogP contribution in [0.1, 0.15) is 15.9 Å². The number of nitrogens with zero attached hydrogens (tertiary/aromatic N) is 3. The number of sulfonamides is 1. The van der Waals surface area contributed by atoms with Crippen LogP contribution < -0.4 is 19.7 Å². The number of benzene rings is 3. The molecule has 40 heavy (non-hydrogen) atoms. The number of halogens is 1. The van der Waals surface area contributed by atoms with Crippen molar-refractivity contribution in [2.24, 2.45) is 0 Å². The normalized spacial score (nSPS) is 14.0. The lowest BCUT2D eigenvalue weighted by Crippen LogP contribution is -2.48. The predicted octanol–water partition coefficient (Wildman–Crippen LogP) is 4.39. The Morgan fingerprint density at radius 2 is 1.70 bits per heavy atom. The zero-order valence-electron chi connectivity index (χ0n) is 22.3.